The molecule has 0 bridgehead atoms. The number of methoxy groups -OCH3 is 1. The van der Waals surface area contributed by atoms with Crippen molar-refractivity contribution in [1.82, 2.24) is 19.7 Å². The quantitative estimate of drug-likeness (QED) is 0.847. The number of hydrogen-bond acceptors (Lipinski definition) is 4. The fourth-order valence-electron chi connectivity index (χ4n) is 2.92. The zero-order valence-corrected chi connectivity index (χ0v) is 12.0. The standard InChI is InChI=1S/C15H20N4O/c1-18-8-13-9-19(7-12-3-5-16-6-4-12)10-14(11-20-2)15(13)17-18/h3-6,8,14H,7,9-11H2,1-2H3/t14-/m0/s1. The highest BCUT2D eigenvalue weighted by molar-refractivity contribution is 5.25. The van der Waals surface area contributed by atoms with Gasteiger partial charge < -0.3 is 4.74 Å². The van der Waals surface area contributed by atoms with Gasteiger partial charge in [-0.2, -0.15) is 5.10 Å². The van der Waals surface area contributed by atoms with Gasteiger partial charge in [0, 0.05) is 63.9 Å². The molecule has 0 aliphatic carbocycles. The molecule has 3 rings (SSSR count). The molecule has 0 unspecified atom stereocenters. The third kappa shape index (κ3) is 2.73. The Hall–Kier alpha value is -1.72. The molecule has 20 heavy (non-hydrogen) atoms. The van der Waals surface area contributed by atoms with Gasteiger partial charge in [-0.25, -0.2) is 0 Å². The predicted octanol–water partition coefficient (Wildman–Crippen LogP) is 1.56. The molecular weight excluding hydrogens is 252 g/mol. The fraction of sp³-hybridized carbons (Fsp3) is 0.467. The monoisotopic (exact) mass is 272 g/mol. The molecule has 0 saturated carbocycles. The van der Waals surface area contributed by atoms with E-state index in [9.17, 15) is 0 Å². The number of aryl methyl sites for hydroxylation is 1. The van der Waals surface area contributed by atoms with E-state index in [0.29, 0.717) is 5.92 Å². The Labute approximate surface area is 119 Å². The Kier molecular flexibility index (Phi) is 3.80. The van der Waals surface area contributed by atoms with E-state index in [1.165, 1.54) is 16.8 Å². The lowest BCUT2D eigenvalue weighted by Crippen LogP contribution is -2.34. The van der Waals surface area contributed by atoms with Gasteiger partial charge >= 0.3 is 0 Å². The van der Waals surface area contributed by atoms with Crippen LogP contribution in [0, 0.1) is 0 Å². The highest BCUT2D eigenvalue weighted by atomic mass is 16.5. The molecule has 1 aliphatic rings. The van der Waals surface area contributed by atoms with E-state index in [1.54, 1.807) is 7.11 Å². The predicted molar refractivity (Wildman–Crippen MR) is 76.2 cm³/mol. The summed E-state index contributed by atoms with van der Waals surface area (Å²) in [6.07, 6.45) is 5.82. The van der Waals surface area contributed by atoms with Crippen LogP contribution in [0.3, 0.4) is 0 Å². The van der Waals surface area contributed by atoms with Crippen molar-refractivity contribution in [1.29, 1.82) is 0 Å². The zero-order valence-electron chi connectivity index (χ0n) is 12.0. The lowest BCUT2D eigenvalue weighted by atomic mass is 9.97. The van der Waals surface area contributed by atoms with Crippen LogP contribution < -0.4 is 0 Å². The Morgan fingerprint density at radius 2 is 2.15 bits per heavy atom. The van der Waals surface area contributed by atoms with Crippen molar-refractivity contribution in [3.63, 3.8) is 0 Å². The smallest absolute Gasteiger partial charge is 0.0736 e. The molecule has 2 aromatic heterocycles. The summed E-state index contributed by atoms with van der Waals surface area (Å²) in [4.78, 5) is 6.52. The Bertz CT molecular complexity index is 567. The normalized spacial score (nSPS) is 19.0. The average molecular weight is 272 g/mol. The summed E-state index contributed by atoms with van der Waals surface area (Å²) in [7, 11) is 3.74. The molecule has 3 heterocycles. The maximum Gasteiger partial charge on any atom is 0.0736 e. The minimum atomic E-state index is 0.354. The lowest BCUT2D eigenvalue weighted by Gasteiger charge is -2.31. The first-order valence-electron chi connectivity index (χ1n) is 6.89. The largest absolute Gasteiger partial charge is 0.384 e. The summed E-state index contributed by atoms with van der Waals surface area (Å²) in [6, 6.07) is 4.15. The molecule has 5 heteroatoms. The van der Waals surface area contributed by atoms with Crippen LogP contribution in [0.15, 0.2) is 30.7 Å². The number of aromatic nitrogens is 3. The second kappa shape index (κ2) is 5.73. The van der Waals surface area contributed by atoms with Crippen molar-refractivity contribution in [2.24, 2.45) is 7.05 Å². The molecule has 2 aromatic rings. The van der Waals surface area contributed by atoms with Gasteiger partial charge in [-0.3, -0.25) is 14.6 Å². The van der Waals surface area contributed by atoms with Gasteiger partial charge in [-0.05, 0) is 17.7 Å². The van der Waals surface area contributed by atoms with Gasteiger partial charge in [0.1, 0.15) is 0 Å². The van der Waals surface area contributed by atoms with Crippen molar-refractivity contribution < 1.29 is 4.74 Å². The average Bonchev–Trinajstić information content (AvgIpc) is 2.81. The summed E-state index contributed by atoms with van der Waals surface area (Å²) < 4.78 is 7.27. The topological polar surface area (TPSA) is 43.2 Å². The minimum absolute atomic E-state index is 0.354. The van der Waals surface area contributed by atoms with Crippen LogP contribution in [0.5, 0.6) is 0 Å². The SMILES string of the molecule is COC[C@@H]1CN(Cc2ccncc2)Cc2cn(C)nc21. The molecule has 0 saturated heterocycles. The zero-order chi connectivity index (χ0) is 13.9. The van der Waals surface area contributed by atoms with Crippen molar-refractivity contribution in [3.05, 3.63) is 47.5 Å². The van der Waals surface area contributed by atoms with E-state index in [1.807, 2.05) is 24.1 Å². The molecular formula is C15H20N4O. The molecule has 0 aromatic carbocycles. The van der Waals surface area contributed by atoms with Crippen molar-refractivity contribution >= 4 is 0 Å². The Morgan fingerprint density at radius 1 is 1.35 bits per heavy atom. The summed E-state index contributed by atoms with van der Waals surface area (Å²) in [5.74, 6) is 0.354. The summed E-state index contributed by atoms with van der Waals surface area (Å²) in [6.45, 7) is 3.60. The number of ether oxygens (including phenoxy) is 1. The van der Waals surface area contributed by atoms with Gasteiger partial charge in [0.15, 0.2) is 0 Å². The number of pyridine rings is 1. The van der Waals surface area contributed by atoms with Crippen molar-refractivity contribution in [2.45, 2.75) is 19.0 Å². The van der Waals surface area contributed by atoms with Gasteiger partial charge in [0.05, 0.1) is 12.3 Å². The van der Waals surface area contributed by atoms with Gasteiger partial charge in [-0.15, -0.1) is 0 Å². The van der Waals surface area contributed by atoms with E-state index in [4.69, 9.17) is 4.74 Å². The first-order valence-corrected chi connectivity index (χ1v) is 6.89. The fourth-order valence-corrected chi connectivity index (χ4v) is 2.92. The van der Waals surface area contributed by atoms with Crippen LogP contribution in [0.1, 0.15) is 22.7 Å². The van der Waals surface area contributed by atoms with Crippen LogP contribution in [0.2, 0.25) is 0 Å². The third-order valence-corrected chi connectivity index (χ3v) is 3.72. The van der Waals surface area contributed by atoms with E-state index in [0.717, 1.165) is 26.2 Å². The highest BCUT2D eigenvalue weighted by Crippen LogP contribution is 2.28. The van der Waals surface area contributed by atoms with Gasteiger partial charge in [0.25, 0.3) is 0 Å². The summed E-state index contributed by atoms with van der Waals surface area (Å²) in [5, 5.41) is 4.59. The van der Waals surface area contributed by atoms with Crippen LogP contribution in [0.25, 0.3) is 0 Å². The molecule has 0 amide bonds. The van der Waals surface area contributed by atoms with Gasteiger partial charge in [0.2, 0.25) is 0 Å². The second-order valence-electron chi connectivity index (χ2n) is 5.39. The van der Waals surface area contributed by atoms with E-state index in [-0.39, 0.29) is 0 Å². The summed E-state index contributed by atoms with van der Waals surface area (Å²) >= 11 is 0. The maximum atomic E-state index is 5.36. The number of rotatable bonds is 4. The highest BCUT2D eigenvalue weighted by Gasteiger charge is 2.28. The van der Waals surface area contributed by atoms with Crippen LogP contribution in [-0.2, 0) is 24.9 Å². The number of hydrogen-bond donors (Lipinski definition) is 0. The Morgan fingerprint density at radius 3 is 2.90 bits per heavy atom. The molecule has 106 valence electrons. The van der Waals surface area contributed by atoms with Crippen LogP contribution in [0.4, 0.5) is 0 Å². The number of fused-ring (bicyclic) bond motifs is 1. The molecule has 0 radical (unpaired) electrons. The molecule has 0 N–H and O–H groups in total. The molecule has 1 atom stereocenters. The molecule has 0 fully saturated rings. The molecule has 5 nitrogen and oxygen atoms in total. The number of nitrogens with zero attached hydrogens (tertiary/aromatic N) is 4. The maximum absolute atomic E-state index is 5.36. The van der Waals surface area contributed by atoms with E-state index >= 15 is 0 Å². The van der Waals surface area contributed by atoms with Crippen LogP contribution in [-0.4, -0.2) is 39.9 Å². The minimum Gasteiger partial charge on any atom is -0.384 e. The van der Waals surface area contributed by atoms with Crippen molar-refractivity contribution in [2.75, 3.05) is 20.3 Å². The first-order chi connectivity index (χ1) is 9.76. The van der Waals surface area contributed by atoms with E-state index in [2.05, 4.69) is 33.3 Å². The van der Waals surface area contributed by atoms with Crippen LogP contribution >= 0.6 is 0 Å². The second-order valence-corrected chi connectivity index (χ2v) is 5.39. The molecule has 1 aliphatic heterocycles. The lowest BCUT2D eigenvalue weighted by molar-refractivity contribution is 0.134. The third-order valence-electron chi connectivity index (χ3n) is 3.72. The Balaban J connectivity index is 1.79. The van der Waals surface area contributed by atoms with Gasteiger partial charge in [-0.1, -0.05) is 0 Å². The molecule has 0 spiro atoms. The van der Waals surface area contributed by atoms with Crippen molar-refractivity contribution in [3.8, 4) is 0 Å². The van der Waals surface area contributed by atoms with E-state index < -0.39 is 0 Å². The first kappa shape index (κ1) is 13.3. The summed E-state index contributed by atoms with van der Waals surface area (Å²) in [5.41, 5.74) is 3.80.